The fourth-order valence-electron chi connectivity index (χ4n) is 5.77. The van der Waals surface area contributed by atoms with Gasteiger partial charge in [-0.2, -0.15) is 0 Å². The summed E-state index contributed by atoms with van der Waals surface area (Å²) in [6.45, 7) is 3.97. The Kier molecular flexibility index (Phi) is 19.7. The van der Waals surface area contributed by atoms with E-state index in [2.05, 4.69) is 12.2 Å². The van der Waals surface area contributed by atoms with Crippen LogP contribution in [0, 0.1) is 5.92 Å². The number of hydrogen-bond acceptors (Lipinski definition) is 4. The number of esters is 1. The van der Waals surface area contributed by atoms with Gasteiger partial charge >= 0.3 is 5.97 Å². The molecule has 0 aliphatic carbocycles. The van der Waals surface area contributed by atoms with Gasteiger partial charge in [0.25, 0.3) is 0 Å². The Bertz CT molecular complexity index is 1060. The van der Waals surface area contributed by atoms with Gasteiger partial charge in [0.2, 0.25) is 5.91 Å². The molecule has 2 aromatic carbocycles. The number of rotatable bonds is 24. The zero-order chi connectivity index (χ0) is 31.8. The van der Waals surface area contributed by atoms with Gasteiger partial charge in [0.1, 0.15) is 5.75 Å². The Balaban J connectivity index is 1.40. The number of amides is 1. The van der Waals surface area contributed by atoms with Crippen LogP contribution < -0.4 is 5.32 Å². The third kappa shape index (κ3) is 16.7. The predicted octanol–water partition coefficient (Wildman–Crippen LogP) is 10.2. The van der Waals surface area contributed by atoms with E-state index in [0.717, 1.165) is 24.8 Å². The number of carbonyl (C=O) groups excluding carboxylic acids is 2. The Morgan fingerprint density at radius 2 is 1.20 bits per heavy atom. The highest BCUT2D eigenvalue weighted by atomic mass is 16.5. The molecule has 0 aromatic heterocycles. The summed E-state index contributed by atoms with van der Waals surface area (Å²) < 4.78 is 4.91. The molecule has 2 rings (SSSR count). The fraction of sp³-hybridized carbons (Fsp3) is 0.590. The van der Waals surface area contributed by atoms with Gasteiger partial charge in [-0.25, -0.2) is 4.79 Å². The predicted molar refractivity (Wildman–Crippen MR) is 183 cm³/mol. The topological polar surface area (TPSA) is 75.6 Å². The van der Waals surface area contributed by atoms with Crippen molar-refractivity contribution < 1.29 is 19.4 Å². The summed E-state index contributed by atoms with van der Waals surface area (Å²) in [5.74, 6) is -0.586. The molecule has 0 aliphatic heterocycles. The molecular formula is C39H59NO4. The number of methoxy groups -OCH3 is 1. The number of nitrogens with one attached hydrogen (secondary N) is 1. The minimum absolute atomic E-state index is 0.169. The summed E-state index contributed by atoms with van der Waals surface area (Å²) >= 11 is 0. The Labute approximate surface area is 267 Å². The maximum Gasteiger partial charge on any atom is 0.333 e. The molecule has 1 amide bonds. The van der Waals surface area contributed by atoms with Gasteiger partial charge in [-0.15, -0.1) is 0 Å². The van der Waals surface area contributed by atoms with Crippen molar-refractivity contribution in [1.29, 1.82) is 0 Å². The number of hydrogen-bond donors (Lipinski definition) is 2. The molecule has 0 unspecified atom stereocenters. The number of aromatic hydroxyl groups is 1. The van der Waals surface area contributed by atoms with Crippen LogP contribution in [0.25, 0.3) is 0 Å². The molecule has 0 heterocycles. The van der Waals surface area contributed by atoms with Crippen molar-refractivity contribution in [2.45, 2.75) is 135 Å². The average molecular weight is 606 g/mol. The van der Waals surface area contributed by atoms with Crippen LogP contribution in [0.2, 0.25) is 0 Å². The van der Waals surface area contributed by atoms with Crippen LogP contribution in [0.15, 0.2) is 66.2 Å². The summed E-state index contributed by atoms with van der Waals surface area (Å²) in [4.78, 5) is 25.0. The van der Waals surface area contributed by atoms with E-state index in [0.29, 0.717) is 5.75 Å². The Hall–Kier alpha value is -3.08. The molecule has 0 fully saturated rings. The lowest BCUT2D eigenvalue weighted by molar-refractivity contribution is -0.145. The second-order valence-electron chi connectivity index (χ2n) is 12.5. The van der Waals surface area contributed by atoms with E-state index in [-0.39, 0.29) is 11.8 Å². The number of phenolic OH excluding ortho intramolecular Hbond substituents is 1. The van der Waals surface area contributed by atoms with E-state index in [1.165, 1.54) is 115 Å². The Morgan fingerprint density at radius 3 is 1.70 bits per heavy atom. The largest absolute Gasteiger partial charge is 0.508 e. The number of aryl methyl sites for hydroxylation is 1. The van der Waals surface area contributed by atoms with Gasteiger partial charge in [0, 0.05) is 0 Å². The van der Waals surface area contributed by atoms with E-state index in [1.54, 1.807) is 12.1 Å². The van der Waals surface area contributed by atoms with Gasteiger partial charge in [-0.05, 0) is 55.9 Å². The number of phenols is 1. The van der Waals surface area contributed by atoms with Gasteiger partial charge in [-0.1, -0.05) is 151 Å². The lowest BCUT2D eigenvalue weighted by Gasteiger charge is -2.19. The lowest BCUT2D eigenvalue weighted by Crippen LogP contribution is -2.37. The smallest absolute Gasteiger partial charge is 0.333 e. The summed E-state index contributed by atoms with van der Waals surface area (Å²) in [6.07, 6.45) is 25.4. The van der Waals surface area contributed by atoms with Gasteiger partial charge in [0.05, 0.1) is 13.0 Å². The van der Waals surface area contributed by atoms with E-state index in [4.69, 9.17) is 4.74 Å². The maximum absolute atomic E-state index is 12.8. The second kappa shape index (κ2) is 23.3. The third-order valence-corrected chi connectivity index (χ3v) is 8.53. The van der Waals surface area contributed by atoms with Crippen molar-refractivity contribution in [3.8, 4) is 5.75 Å². The molecule has 0 spiro atoms. The fourth-order valence-corrected chi connectivity index (χ4v) is 5.77. The standard InChI is InChI=1S/C39H59NO4/c1-32(31-33(2)38(42)40-37(39(43)44-3)35-25-21-18-22-26-35)23-19-16-14-12-10-8-6-4-5-7-9-11-13-15-17-20-24-34-27-29-36(41)30-28-34/h18,21-22,25-31,33,37,41H,4-17,19-20,23-24H2,1-3H3,(H,40,42)/b32-31+/t33-,37-/m1/s1. The minimum Gasteiger partial charge on any atom is -0.508 e. The van der Waals surface area contributed by atoms with E-state index < -0.39 is 12.0 Å². The molecule has 2 N–H and O–H groups in total. The van der Waals surface area contributed by atoms with Crippen LogP contribution in [0.5, 0.6) is 5.75 Å². The number of benzene rings is 2. The van der Waals surface area contributed by atoms with Crippen LogP contribution in [-0.4, -0.2) is 24.1 Å². The third-order valence-electron chi connectivity index (χ3n) is 8.53. The normalized spacial score (nSPS) is 12.9. The molecule has 0 bridgehead atoms. The van der Waals surface area contributed by atoms with Gasteiger partial charge in [0.15, 0.2) is 6.04 Å². The highest BCUT2D eigenvalue weighted by Gasteiger charge is 2.25. The Morgan fingerprint density at radius 1 is 0.727 bits per heavy atom. The number of allylic oxidation sites excluding steroid dienone is 1. The molecule has 44 heavy (non-hydrogen) atoms. The van der Waals surface area contributed by atoms with E-state index in [9.17, 15) is 14.7 Å². The molecule has 5 nitrogen and oxygen atoms in total. The van der Waals surface area contributed by atoms with Crippen LogP contribution in [0.4, 0.5) is 0 Å². The first-order valence-electron chi connectivity index (χ1n) is 17.3. The molecular weight excluding hydrogens is 546 g/mol. The second-order valence-corrected chi connectivity index (χ2v) is 12.5. The average Bonchev–Trinajstić information content (AvgIpc) is 3.03. The summed E-state index contributed by atoms with van der Waals surface area (Å²) in [5.41, 5.74) is 3.28. The number of ether oxygens (including phenoxy) is 1. The van der Waals surface area contributed by atoms with Crippen molar-refractivity contribution in [3.05, 3.63) is 77.4 Å². The minimum atomic E-state index is -0.792. The van der Waals surface area contributed by atoms with Crippen LogP contribution in [0.1, 0.15) is 140 Å². The van der Waals surface area contributed by atoms with Crippen molar-refractivity contribution in [2.75, 3.05) is 7.11 Å². The summed E-state index contributed by atoms with van der Waals surface area (Å²) in [7, 11) is 1.34. The van der Waals surface area contributed by atoms with E-state index >= 15 is 0 Å². The zero-order valence-electron chi connectivity index (χ0n) is 27.8. The zero-order valence-corrected chi connectivity index (χ0v) is 27.8. The van der Waals surface area contributed by atoms with Crippen LogP contribution in [-0.2, 0) is 20.7 Å². The van der Waals surface area contributed by atoms with Crippen molar-refractivity contribution >= 4 is 11.9 Å². The molecule has 0 saturated heterocycles. The van der Waals surface area contributed by atoms with Crippen LogP contribution in [0.3, 0.4) is 0 Å². The van der Waals surface area contributed by atoms with Crippen molar-refractivity contribution in [3.63, 3.8) is 0 Å². The molecule has 2 aromatic rings. The molecule has 244 valence electrons. The number of carbonyl (C=O) groups is 2. The monoisotopic (exact) mass is 605 g/mol. The highest BCUT2D eigenvalue weighted by molar-refractivity contribution is 5.87. The molecule has 0 saturated carbocycles. The summed E-state index contributed by atoms with van der Waals surface area (Å²) in [5, 5.41) is 12.2. The molecule has 5 heteroatoms. The van der Waals surface area contributed by atoms with Crippen LogP contribution >= 0.6 is 0 Å². The number of unbranched alkanes of at least 4 members (excludes halogenated alkanes) is 15. The molecule has 0 radical (unpaired) electrons. The van der Waals surface area contributed by atoms with Crippen molar-refractivity contribution in [1.82, 2.24) is 5.32 Å². The summed E-state index contributed by atoms with van der Waals surface area (Å²) in [6, 6.07) is 16.1. The maximum atomic E-state index is 12.8. The quantitative estimate of drug-likeness (QED) is 0.0709. The van der Waals surface area contributed by atoms with Crippen molar-refractivity contribution in [2.24, 2.45) is 5.92 Å². The first-order chi connectivity index (χ1) is 21.4. The molecule has 2 atom stereocenters. The SMILES string of the molecule is COC(=O)[C@H](NC(=O)[C@H](C)/C=C(\C)CCCCCCCCCCCCCCCCCCc1ccc(O)cc1)c1ccccc1. The first kappa shape index (κ1) is 37.1. The van der Waals surface area contributed by atoms with E-state index in [1.807, 2.05) is 55.5 Å². The highest BCUT2D eigenvalue weighted by Crippen LogP contribution is 2.19. The first-order valence-corrected chi connectivity index (χ1v) is 17.3. The lowest BCUT2D eigenvalue weighted by atomic mass is 10.0. The van der Waals surface area contributed by atoms with Gasteiger partial charge in [-0.3, -0.25) is 4.79 Å². The van der Waals surface area contributed by atoms with Gasteiger partial charge < -0.3 is 15.2 Å². The molecule has 0 aliphatic rings.